The maximum atomic E-state index is 13.7. The molecule has 2 atom stereocenters. The third-order valence-electron chi connectivity index (χ3n) is 6.76. The molecule has 3 N–H and O–H groups in total. The first kappa shape index (κ1) is 25.0. The van der Waals surface area contributed by atoms with Gasteiger partial charge >= 0.3 is 0 Å². The molecule has 0 spiro atoms. The molecule has 2 unspecified atom stereocenters. The number of rotatable bonds is 5. The first-order chi connectivity index (χ1) is 15.9. The second-order valence-electron chi connectivity index (χ2n) is 9.10. The van der Waals surface area contributed by atoms with Crippen molar-refractivity contribution >= 4 is 33.0 Å². The lowest BCUT2D eigenvalue weighted by Crippen LogP contribution is -2.53. The lowest BCUT2D eigenvalue weighted by Gasteiger charge is -2.48. The van der Waals surface area contributed by atoms with Crippen LogP contribution in [0.2, 0.25) is 5.02 Å². The predicted molar refractivity (Wildman–Crippen MR) is 119 cm³/mol. The van der Waals surface area contributed by atoms with E-state index in [1.807, 2.05) is 0 Å². The highest BCUT2D eigenvalue weighted by atomic mass is 35.5. The Bertz CT molecular complexity index is 1200. The number of amides is 1. The molecule has 2 aromatic rings. The van der Waals surface area contributed by atoms with Crippen LogP contribution in [0.25, 0.3) is 0 Å². The molecular formula is C23H23ClF3NO5S. The number of fused-ring (bicyclic) bond motifs is 2. The monoisotopic (exact) mass is 517 g/mol. The van der Waals surface area contributed by atoms with Crippen molar-refractivity contribution in [2.45, 2.75) is 47.9 Å². The maximum Gasteiger partial charge on any atom is 0.255 e. The van der Waals surface area contributed by atoms with E-state index in [0.717, 1.165) is 12.5 Å². The number of anilines is 1. The Kier molecular flexibility index (Phi) is 6.71. The van der Waals surface area contributed by atoms with Gasteiger partial charge in [0.2, 0.25) is 0 Å². The van der Waals surface area contributed by atoms with Crippen LogP contribution in [0.4, 0.5) is 18.9 Å². The van der Waals surface area contributed by atoms with Crippen LogP contribution in [0, 0.1) is 29.3 Å². The van der Waals surface area contributed by atoms with E-state index >= 15 is 0 Å². The van der Waals surface area contributed by atoms with Gasteiger partial charge in [-0.05, 0) is 55.7 Å². The molecule has 0 radical (unpaired) electrons. The molecule has 6 nitrogen and oxygen atoms in total. The largest absolute Gasteiger partial charge is 0.393 e. The van der Waals surface area contributed by atoms with Gasteiger partial charge in [-0.3, -0.25) is 4.79 Å². The number of halogens is 4. The molecule has 1 amide bonds. The van der Waals surface area contributed by atoms with Crippen molar-refractivity contribution in [1.29, 1.82) is 0 Å². The lowest BCUT2D eigenvalue weighted by atomic mass is 9.66. The van der Waals surface area contributed by atoms with Gasteiger partial charge in [0.15, 0.2) is 27.3 Å². The van der Waals surface area contributed by atoms with E-state index in [2.05, 4.69) is 5.32 Å². The number of aliphatic hydroxyl groups excluding tert-OH is 1. The van der Waals surface area contributed by atoms with Crippen molar-refractivity contribution in [2.24, 2.45) is 11.8 Å². The van der Waals surface area contributed by atoms with E-state index in [-0.39, 0.29) is 45.8 Å². The van der Waals surface area contributed by atoms with Crippen molar-refractivity contribution < 1.29 is 36.6 Å². The summed E-state index contributed by atoms with van der Waals surface area (Å²) in [6.45, 7) is -0.451. The van der Waals surface area contributed by atoms with E-state index < -0.39 is 50.7 Å². The van der Waals surface area contributed by atoms with Gasteiger partial charge in [0.1, 0.15) is 0 Å². The Morgan fingerprint density at radius 2 is 1.68 bits per heavy atom. The Labute approximate surface area is 199 Å². The molecule has 2 saturated carbocycles. The summed E-state index contributed by atoms with van der Waals surface area (Å²) < 4.78 is 67.5. The van der Waals surface area contributed by atoms with Crippen molar-refractivity contribution in [3.05, 3.63) is 58.4 Å². The van der Waals surface area contributed by atoms with E-state index in [0.29, 0.717) is 25.0 Å². The molecule has 0 saturated heterocycles. The normalized spacial score (nSPS) is 26.8. The van der Waals surface area contributed by atoms with Crippen LogP contribution >= 0.6 is 11.6 Å². The van der Waals surface area contributed by atoms with E-state index in [4.69, 9.17) is 11.6 Å². The molecular weight excluding hydrogens is 495 g/mol. The molecule has 0 aromatic heterocycles. The molecule has 34 heavy (non-hydrogen) atoms. The highest BCUT2D eigenvalue weighted by Gasteiger charge is 2.52. The summed E-state index contributed by atoms with van der Waals surface area (Å²) in [5.74, 6) is -6.27. The minimum absolute atomic E-state index is 0.0866. The number of benzene rings is 2. The Hall–Kier alpha value is -2.14. The van der Waals surface area contributed by atoms with Crippen LogP contribution in [0.1, 0.15) is 42.5 Å². The second-order valence-corrected chi connectivity index (χ2v) is 11.6. The average Bonchev–Trinajstić information content (AvgIpc) is 2.76. The standard InChI is InChI=1S/C23H23ClF3NO5S/c24-16-5-4-12(22(30)28-15-7-17(25)20(27)18(26)8-15)6-19(16)34(32,33)21-13-2-1-3-14(21)10-23(31,9-13)11-29/h4-8,13-14,21,29,31H,1-3,9-11H2,(H,28,30). The Morgan fingerprint density at radius 3 is 2.24 bits per heavy atom. The van der Waals surface area contributed by atoms with E-state index in [1.165, 1.54) is 12.1 Å². The summed E-state index contributed by atoms with van der Waals surface area (Å²) in [7, 11) is -4.03. The number of carbonyl (C=O) groups is 1. The number of carbonyl (C=O) groups excluding carboxylic acids is 1. The van der Waals surface area contributed by atoms with Crippen molar-refractivity contribution in [3.8, 4) is 0 Å². The molecule has 2 aliphatic rings. The molecule has 0 aliphatic heterocycles. The minimum atomic E-state index is -4.03. The zero-order valence-corrected chi connectivity index (χ0v) is 19.5. The zero-order valence-electron chi connectivity index (χ0n) is 17.9. The SMILES string of the molecule is O=C(Nc1cc(F)c(F)c(F)c1)c1ccc(Cl)c(S(=O)(=O)C2C3CCCC2CC(O)(CO)C3)c1. The lowest BCUT2D eigenvalue weighted by molar-refractivity contribution is -0.0825. The third-order valence-corrected chi connectivity index (χ3v) is 9.64. The number of aliphatic hydroxyl groups is 2. The first-order valence-electron chi connectivity index (χ1n) is 10.8. The minimum Gasteiger partial charge on any atom is -0.393 e. The van der Waals surface area contributed by atoms with Gasteiger partial charge in [0, 0.05) is 23.4 Å². The topological polar surface area (TPSA) is 104 Å². The van der Waals surface area contributed by atoms with Gasteiger partial charge < -0.3 is 15.5 Å². The number of hydrogen-bond acceptors (Lipinski definition) is 5. The van der Waals surface area contributed by atoms with Crippen LogP contribution in [0.3, 0.4) is 0 Å². The molecule has 2 aromatic carbocycles. The van der Waals surface area contributed by atoms with Crippen LogP contribution in [0.15, 0.2) is 35.2 Å². The van der Waals surface area contributed by atoms with Crippen LogP contribution in [-0.2, 0) is 9.84 Å². The molecule has 2 aliphatic carbocycles. The summed E-state index contributed by atoms with van der Waals surface area (Å²) in [5.41, 5.74) is -1.79. The van der Waals surface area contributed by atoms with Crippen LogP contribution in [-0.4, -0.2) is 42.0 Å². The van der Waals surface area contributed by atoms with E-state index in [1.54, 1.807) is 0 Å². The van der Waals surface area contributed by atoms with Crippen LogP contribution in [0.5, 0.6) is 0 Å². The summed E-state index contributed by atoms with van der Waals surface area (Å²) in [6, 6.07) is 4.83. The second kappa shape index (κ2) is 9.14. The smallest absolute Gasteiger partial charge is 0.255 e. The first-order valence-corrected chi connectivity index (χ1v) is 12.7. The Balaban J connectivity index is 1.65. The number of sulfone groups is 1. The van der Waals surface area contributed by atoms with Gasteiger partial charge in [-0.15, -0.1) is 0 Å². The van der Waals surface area contributed by atoms with Crippen molar-refractivity contribution in [1.82, 2.24) is 0 Å². The summed E-state index contributed by atoms with van der Waals surface area (Å²) >= 11 is 6.22. The van der Waals surface area contributed by atoms with Crippen LogP contribution < -0.4 is 5.32 Å². The highest BCUT2D eigenvalue weighted by molar-refractivity contribution is 7.92. The summed E-state index contributed by atoms with van der Waals surface area (Å²) in [6.07, 6.45) is 2.24. The fourth-order valence-corrected chi connectivity index (χ4v) is 8.17. The maximum absolute atomic E-state index is 13.7. The average molecular weight is 518 g/mol. The molecule has 184 valence electrons. The molecule has 2 fully saturated rings. The third kappa shape index (κ3) is 4.56. The van der Waals surface area contributed by atoms with Gasteiger partial charge in [0.25, 0.3) is 5.91 Å². The fraction of sp³-hybridized carbons (Fsp3) is 0.435. The molecule has 0 heterocycles. The van der Waals surface area contributed by atoms with Crippen molar-refractivity contribution in [2.75, 3.05) is 11.9 Å². The van der Waals surface area contributed by atoms with E-state index in [9.17, 15) is 36.6 Å². The van der Waals surface area contributed by atoms with Gasteiger partial charge in [-0.1, -0.05) is 18.0 Å². The van der Waals surface area contributed by atoms with Gasteiger partial charge in [-0.2, -0.15) is 0 Å². The van der Waals surface area contributed by atoms with Gasteiger partial charge in [0.05, 0.1) is 27.4 Å². The fourth-order valence-electron chi connectivity index (χ4n) is 5.33. The summed E-state index contributed by atoms with van der Waals surface area (Å²) in [4.78, 5) is 12.4. The number of hydrogen-bond donors (Lipinski definition) is 3. The predicted octanol–water partition coefficient (Wildman–Crippen LogP) is 4.09. The quantitative estimate of drug-likeness (QED) is 0.518. The molecule has 4 rings (SSSR count). The molecule has 11 heteroatoms. The summed E-state index contributed by atoms with van der Waals surface area (Å²) in [5, 5.41) is 21.5. The van der Waals surface area contributed by atoms with Gasteiger partial charge in [-0.25, -0.2) is 21.6 Å². The Morgan fingerprint density at radius 1 is 1.09 bits per heavy atom. The highest BCUT2D eigenvalue weighted by Crippen LogP contribution is 2.49. The van der Waals surface area contributed by atoms with Crippen molar-refractivity contribution in [3.63, 3.8) is 0 Å². The zero-order chi connectivity index (χ0) is 24.8. The molecule has 2 bridgehead atoms. The number of nitrogens with one attached hydrogen (secondary N) is 1.